The Labute approximate surface area is 166 Å². The summed E-state index contributed by atoms with van der Waals surface area (Å²) in [6, 6.07) is 5.84. The molecule has 0 bridgehead atoms. The SMILES string of the molecule is COCC1(C(=O)O)CS[C@@H]2C(N(Oc3ccc(OC)cc3)C(C)=O)C(=O)N2C1. The van der Waals surface area contributed by atoms with Crippen molar-refractivity contribution in [3.05, 3.63) is 24.3 Å². The maximum absolute atomic E-state index is 12.7. The molecule has 0 aromatic heterocycles. The first-order valence-electron chi connectivity index (χ1n) is 8.59. The minimum atomic E-state index is -1.16. The molecule has 1 N–H and O–H groups in total. The molecule has 28 heavy (non-hydrogen) atoms. The molecule has 1 aromatic rings. The van der Waals surface area contributed by atoms with Crippen molar-refractivity contribution in [2.75, 3.05) is 33.1 Å². The first kappa shape index (κ1) is 20.3. The number of β-lactam (4-membered cyclic amide) rings is 1. The first-order chi connectivity index (χ1) is 13.3. The van der Waals surface area contributed by atoms with Gasteiger partial charge in [0.15, 0.2) is 11.8 Å². The summed E-state index contributed by atoms with van der Waals surface area (Å²) in [5.41, 5.74) is -1.16. The molecule has 0 spiro atoms. The summed E-state index contributed by atoms with van der Waals surface area (Å²) in [5, 5.41) is 10.3. The number of methoxy groups -OCH3 is 2. The van der Waals surface area contributed by atoms with Crippen LogP contribution in [0, 0.1) is 5.41 Å². The number of carbonyl (C=O) groups is 3. The number of carbonyl (C=O) groups excluding carboxylic acids is 2. The minimum absolute atomic E-state index is 0.00920. The van der Waals surface area contributed by atoms with Crippen molar-refractivity contribution in [1.29, 1.82) is 0 Å². The van der Waals surface area contributed by atoms with Crippen molar-refractivity contribution < 1.29 is 33.8 Å². The minimum Gasteiger partial charge on any atom is -0.497 e. The highest BCUT2D eigenvalue weighted by Crippen LogP contribution is 2.44. The Kier molecular flexibility index (Phi) is 5.71. The summed E-state index contributed by atoms with van der Waals surface area (Å²) in [7, 11) is 2.97. The molecular formula is C18H22N2O7S. The maximum Gasteiger partial charge on any atom is 0.314 e. The Hall–Kier alpha value is -2.46. The number of carboxylic acid groups (broad SMARTS) is 1. The van der Waals surface area contributed by atoms with Crippen LogP contribution in [-0.2, 0) is 19.1 Å². The van der Waals surface area contributed by atoms with Crippen molar-refractivity contribution in [2.45, 2.75) is 18.3 Å². The Morgan fingerprint density at radius 2 is 1.93 bits per heavy atom. The van der Waals surface area contributed by atoms with Crippen LogP contribution in [0.5, 0.6) is 11.5 Å². The van der Waals surface area contributed by atoms with Crippen LogP contribution in [0.15, 0.2) is 24.3 Å². The van der Waals surface area contributed by atoms with Crippen molar-refractivity contribution >= 4 is 29.5 Å². The number of fused-ring (bicyclic) bond motifs is 1. The zero-order valence-corrected chi connectivity index (χ0v) is 16.6. The van der Waals surface area contributed by atoms with Gasteiger partial charge in [0.1, 0.15) is 16.5 Å². The zero-order chi connectivity index (χ0) is 20.5. The summed E-state index contributed by atoms with van der Waals surface area (Å²) in [6.45, 7) is 1.37. The summed E-state index contributed by atoms with van der Waals surface area (Å²) < 4.78 is 10.2. The number of hydrogen-bond acceptors (Lipinski definition) is 7. The van der Waals surface area contributed by atoms with Crippen molar-refractivity contribution in [1.82, 2.24) is 9.96 Å². The van der Waals surface area contributed by atoms with Gasteiger partial charge in [0.05, 0.1) is 13.7 Å². The molecular weight excluding hydrogens is 388 g/mol. The summed E-state index contributed by atoms with van der Waals surface area (Å²) in [6.07, 6.45) is 0. The Morgan fingerprint density at radius 3 is 2.46 bits per heavy atom. The van der Waals surface area contributed by atoms with Crippen molar-refractivity contribution in [3.63, 3.8) is 0 Å². The number of aliphatic carboxylic acids is 1. The zero-order valence-electron chi connectivity index (χ0n) is 15.8. The van der Waals surface area contributed by atoms with Crippen LogP contribution in [0.3, 0.4) is 0 Å². The number of nitrogens with zero attached hydrogens (tertiary/aromatic N) is 2. The van der Waals surface area contributed by atoms with Gasteiger partial charge < -0.3 is 24.3 Å². The molecule has 2 aliphatic rings. The Balaban J connectivity index is 1.75. The fourth-order valence-electron chi connectivity index (χ4n) is 3.31. The van der Waals surface area contributed by atoms with Crippen LogP contribution in [0.25, 0.3) is 0 Å². The maximum atomic E-state index is 12.7. The molecule has 2 saturated heterocycles. The highest BCUT2D eigenvalue weighted by atomic mass is 32.2. The fourth-order valence-corrected chi connectivity index (χ4v) is 4.86. The standard InChI is InChI=1S/C18H22N2O7S/c1-11(21)20(27-13-6-4-12(26-3)5-7-13)14-15(22)19-8-18(9-25-2,17(23)24)10-28-16(14)19/h4-7,14,16H,8-10H2,1-3H3,(H,23,24)/t14?,16-,18?/m1/s1. The number of hydroxylamine groups is 2. The molecule has 2 aliphatic heterocycles. The van der Waals surface area contributed by atoms with E-state index in [2.05, 4.69) is 0 Å². The third-order valence-corrected chi connectivity index (χ3v) is 6.39. The molecule has 152 valence electrons. The topological polar surface area (TPSA) is 106 Å². The highest BCUT2D eigenvalue weighted by molar-refractivity contribution is 8.00. The molecule has 2 fully saturated rings. The number of rotatable bonds is 7. The van der Waals surface area contributed by atoms with Gasteiger partial charge in [0, 0.05) is 26.3 Å². The average molecular weight is 410 g/mol. The third kappa shape index (κ3) is 3.49. The second kappa shape index (κ2) is 7.88. The Bertz CT molecular complexity index is 772. The van der Waals surface area contributed by atoms with Gasteiger partial charge in [0.2, 0.25) is 0 Å². The van der Waals surface area contributed by atoms with Gasteiger partial charge in [-0.2, -0.15) is 5.06 Å². The average Bonchev–Trinajstić information content (AvgIpc) is 2.68. The van der Waals surface area contributed by atoms with Crippen LogP contribution in [0.1, 0.15) is 6.92 Å². The van der Waals surface area contributed by atoms with E-state index in [1.807, 2.05) is 0 Å². The molecule has 2 amide bonds. The predicted molar refractivity (Wildman–Crippen MR) is 99.8 cm³/mol. The number of benzene rings is 1. The van der Waals surface area contributed by atoms with E-state index in [0.29, 0.717) is 11.5 Å². The van der Waals surface area contributed by atoms with E-state index in [0.717, 1.165) is 5.06 Å². The lowest BCUT2D eigenvalue weighted by Crippen LogP contribution is -2.75. The predicted octanol–water partition coefficient (Wildman–Crippen LogP) is 0.839. The van der Waals surface area contributed by atoms with Gasteiger partial charge in [-0.3, -0.25) is 14.4 Å². The quantitative estimate of drug-likeness (QED) is 0.521. The number of ether oxygens (including phenoxy) is 2. The van der Waals surface area contributed by atoms with Crippen LogP contribution >= 0.6 is 11.8 Å². The molecule has 2 unspecified atom stereocenters. The molecule has 0 saturated carbocycles. The van der Waals surface area contributed by atoms with Gasteiger partial charge in [-0.25, -0.2) is 0 Å². The van der Waals surface area contributed by atoms with E-state index in [1.54, 1.807) is 31.4 Å². The van der Waals surface area contributed by atoms with Gasteiger partial charge in [0.25, 0.3) is 11.8 Å². The number of hydrogen-bond donors (Lipinski definition) is 1. The second-order valence-electron chi connectivity index (χ2n) is 6.74. The summed E-state index contributed by atoms with van der Waals surface area (Å²) in [5.74, 6) is -0.463. The van der Waals surface area contributed by atoms with Crippen LogP contribution in [0.4, 0.5) is 0 Å². The van der Waals surface area contributed by atoms with Gasteiger partial charge >= 0.3 is 5.97 Å². The van der Waals surface area contributed by atoms with Crippen LogP contribution in [-0.4, -0.2) is 77.4 Å². The number of carboxylic acids is 1. The van der Waals surface area contributed by atoms with Crippen LogP contribution in [0.2, 0.25) is 0 Å². The lowest BCUT2D eigenvalue weighted by atomic mass is 9.88. The van der Waals surface area contributed by atoms with Gasteiger partial charge in [-0.1, -0.05) is 0 Å². The number of thioether (sulfide) groups is 1. The van der Waals surface area contributed by atoms with E-state index in [9.17, 15) is 19.5 Å². The van der Waals surface area contributed by atoms with E-state index in [4.69, 9.17) is 14.3 Å². The van der Waals surface area contributed by atoms with Crippen molar-refractivity contribution in [3.8, 4) is 11.5 Å². The van der Waals surface area contributed by atoms with E-state index < -0.39 is 23.3 Å². The van der Waals surface area contributed by atoms with E-state index >= 15 is 0 Å². The number of amides is 2. The smallest absolute Gasteiger partial charge is 0.314 e. The summed E-state index contributed by atoms with van der Waals surface area (Å²) >= 11 is 1.31. The monoisotopic (exact) mass is 410 g/mol. The van der Waals surface area contributed by atoms with Crippen molar-refractivity contribution in [2.24, 2.45) is 5.41 Å². The van der Waals surface area contributed by atoms with Gasteiger partial charge in [-0.15, -0.1) is 11.8 Å². The largest absolute Gasteiger partial charge is 0.497 e. The highest BCUT2D eigenvalue weighted by Gasteiger charge is 2.60. The van der Waals surface area contributed by atoms with Crippen LogP contribution < -0.4 is 9.57 Å². The molecule has 3 atom stereocenters. The molecule has 1 aromatic carbocycles. The molecule has 2 heterocycles. The molecule has 3 rings (SSSR count). The molecule has 0 radical (unpaired) electrons. The fraction of sp³-hybridized carbons (Fsp3) is 0.500. The molecule has 9 nitrogen and oxygen atoms in total. The summed E-state index contributed by atoms with van der Waals surface area (Å²) in [4.78, 5) is 43.8. The molecule has 0 aliphatic carbocycles. The second-order valence-corrected chi connectivity index (χ2v) is 7.85. The van der Waals surface area contributed by atoms with E-state index in [1.165, 1.54) is 30.7 Å². The lowest BCUT2D eigenvalue weighted by Gasteiger charge is -2.55. The van der Waals surface area contributed by atoms with Gasteiger partial charge in [-0.05, 0) is 24.3 Å². The first-order valence-corrected chi connectivity index (χ1v) is 9.64. The lowest BCUT2D eigenvalue weighted by molar-refractivity contribution is -0.193. The normalized spacial score (nSPS) is 26.1. The third-order valence-electron chi connectivity index (χ3n) is 4.82. The van der Waals surface area contributed by atoms with E-state index in [-0.39, 0.29) is 30.2 Å². The molecule has 10 heteroatoms. The Morgan fingerprint density at radius 1 is 1.29 bits per heavy atom.